The van der Waals surface area contributed by atoms with Crippen LogP contribution in [-0.2, 0) is 9.53 Å². The zero-order valence-electron chi connectivity index (χ0n) is 13.0. The predicted octanol–water partition coefficient (Wildman–Crippen LogP) is 2.81. The summed E-state index contributed by atoms with van der Waals surface area (Å²) in [5.41, 5.74) is 0.488. The van der Waals surface area contributed by atoms with Crippen molar-refractivity contribution in [3.05, 3.63) is 35.6 Å². The molecule has 0 aromatic heterocycles. The number of morpholine rings is 1. The highest BCUT2D eigenvalue weighted by Crippen LogP contribution is 2.16. The van der Waals surface area contributed by atoms with Crippen molar-refractivity contribution in [2.75, 3.05) is 13.2 Å². The summed E-state index contributed by atoms with van der Waals surface area (Å²) in [6.07, 6.45) is 1.15. The summed E-state index contributed by atoms with van der Waals surface area (Å²) in [4.78, 5) is 26.1. The van der Waals surface area contributed by atoms with Crippen molar-refractivity contribution in [1.29, 1.82) is 0 Å². The van der Waals surface area contributed by atoms with Crippen LogP contribution in [0.1, 0.15) is 43.5 Å². The molecule has 1 aliphatic heterocycles. The summed E-state index contributed by atoms with van der Waals surface area (Å²) in [6.45, 7) is 5.06. The van der Waals surface area contributed by atoms with Gasteiger partial charge in [-0.3, -0.25) is 9.59 Å². The molecule has 0 bridgehead atoms. The highest BCUT2D eigenvalue weighted by atomic mass is 19.1. The highest BCUT2D eigenvalue weighted by molar-refractivity contribution is 5.96. The van der Waals surface area contributed by atoms with E-state index in [1.54, 1.807) is 0 Å². The third-order valence-corrected chi connectivity index (χ3v) is 3.92. The van der Waals surface area contributed by atoms with Crippen LogP contribution >= 0.6 is 0 Å². The maximum absolute atomic E-state index is 12.8. The molecule has 4 nitrogen and oxygen atoms in total. The number of amides is 1. The minimum atomic E-state index is -0.359. The molecule has 1 saturated heterocycles. The topological polar surface area (TPSA) is 46.6 Å². The number of nitrogens with zero attached hydrogens (tertiary/aromatic N) is 1. The first-order valence-electron chi connectivity index (χ1n) is 7.66. The lowest BCUT2D eigenvalue weighted by Crippen LogP contribution is -2.52. The molecule has 1 aromatic rings. The summed E-state index contributed by atoms with van der Waals surface area (Å²) in [5.74, 6) is -0.354. The van der Waals surface area contributed by atoms with Crippen molar-refractivity contribution in [1.82, 2.24) is 4.90 Å². The summed E-state index contributed by atoms with van der Waals surface area (Å²) >= 11 is 0. The summed E-state index contributed by atoms with van der Waals surface area (Å²) in [6, 6.07) is 5.65. The van der Waals surface area contributed by atoms with Gasteiger partial charge in [0.1, 0.15) is 5.82 Å². The van der Waals surface area contributed by atoms with Gasteiger partial charge in [-0.1, -0.05) is 0 Å². The standard InChI is InChI=1S/C17H22FNO3/c1-12-10-22-11-13(2)19(12)17(21)5-3-4-16(20)14-6-8-15(18)9-7-14/h6-9,12-13H,3-5,10-11H2,1-2H3. The maximum Gasteiger partial charge on any atom is 0.223 e. The van der Waals surface area contributed by atoms with Gasteiger partial charge in [-0.15, -0.1) is 0 Å². The van der Waals surface area contributed by atoms with Crippen molar-refractivity contribution < 1.29 is 18.7 Å². The minimum Gasteiger partial charge on any atom is -0.377 e. The molecule has 0 radical (unpaired) electrons. The van der Waals surface area contributed by atoms with Crippen LogP contribution in [0.3, 0.4) is 0 Å². The third-order valence-electron chi connectivity index (χ3n) is 3.92. The average molecular weight is 307 g/mol. The first-order chi connectivity index (χ1) is 10.5. The monoisotopic (exact) mass is 307 g/mol. The van der Waals surface area contributed by atoms with Crippen LogP contribution in [0.15, 0.2) is 24.3 Å². The Morgan fingerprint density at radius 3 is 2.32 bits per heavy atom. The fourth-order valence-electron chi connectivity index (χ4n) is 2.81. The van der Waals surface area contributed by atoms with E-state index >= 15 is 0 Å². The zero-order valence-corrected chi connectivity index (χ0v) is 13.0. The van der Waals surface area contributed by atoms with Gasteiger partial charge < -0.3 is 9.64 Å². The number of ketones is 1. The van der Waals surface area contributed by atoms with Gasteiger partial charge in [0, 0.05) is 18.4 Å². The first kappa shape index (κ1) is 16.6. The second-order valence-corrected chi connectivity index (χ2v) is 5.82. The van der Waals surface area contributed by atoms with Crippen LogP contribution in [-0.4, -0.2) is 41.9 Å². The van der Waals surface area contributed by atoms with E-state index in [2.05, 4.69) is 0 Å². The van der Waals surface area contributed by atoms with Crippen molar-refractivity contribution in [2.24, 2.45) is 0 Å². The van der Waals surface area contributed by atoms with Gasteiger partial charge in [0.25, 0.3) is 0 Å². The Hall–Kier alpha value is -1.75. The van der Waals surface area contributed by atoms with Gasteiger partial charge in [0.15, 0.2) is 5.78 Å². The predicted molar refractivity (Wildman–Crippen MR) is 81.2 cm³/mol. The van der Waals surface area contributed by atoms with Crippen LogP contribution in [0.2, 0.25) is 0 Å². The molecule has 120 valence electrons. The molecule has 2 atom stereocenters. The molecule has 1 amide bonds. The molecule has 0 aliphatic carbocycles. The average Bonchev–Trinajstić information content (AvgIpc) is 2.47. The van der Waals surface area contributed by atoms with Crippen molar-refractivity contribution >= 4 is 11.7 Å². The number of rotatable bonds is 5. The molecule has 1 aliphatic rings. The molecule has 0 saturated carbocycles. The number of hydrogen-bond acceptors (Lipinski definition) is 3. The largest absolute Gasteiger partial charge is 0.377 e. The Bertz CT molecular complexity index is 519. The van der Waals surface area contributed by atoms with Gasteiger partial charge in [0.2, 0.25) is 5.91 Å². The van der Waals surface area contributed by atoms with Crippen LogP contribution < -0.4 is 0 Å². The summed E-state index contributed by atoms with van der Waals surface area (Å²) in [7, 11) is 0. The molecule has 2 rings (SSSR count). The van der Waals surface area contributed by atoms with Gasteiger partial charge >= 0.3 is 0 Å². The summed E-state index contributed by atoms with van der Waals surface area (Å²) < 4.78 is 18.2. The molecule has 1 heterocycles. The second-order valence-electron chi connectivity index (χ2n) is 5.82. The Kier molecular flexibility index (Phi) is 5.66. The van der Waals surface area contributed by atoms with Gasteiger partial charge in [-0.2, -0.15) is 0 Å². The quantitative estimate of drug-likeness (QED) is 0.786. The second kappa shape index (κ2) is 7.49. The number of ether oxygens (including phenoxy) is 1. The first-order valence-corrected chi connectivity index (χ1v) is 7.66. The van der Waals surface area contributed by atoms with Crippen LogP contribution in [0.4, 0.5) is 4.39 Å². The van der Waals surface area contributed by atoms with E-state index in [4.69, 9.17) is 4.74 Å². The van der Waals surface area contributed by atoms with Crippen molar-refractivity contribution in [3.63, 3.8) is 0 Å². The van der Waals surface area contributed by atoms with E-state index in [0.29, 0.717) is 38.0 Å². The molecule has 1 aromatic carbocycles. The molecule has 0 N–H and O–H groups in total. The van der Waals surface area contributed by atoms with Gasteiger partial charge in [-0.05, 0) is 44.5 Å². The maximum atomic E-state index is 12.8. The molecular weight excluding hydrogens is 285 g/mol. The molecule has 0 spiro atoms. The van der Waals surface area contributed by atoms with E-state index in [-0.39, 0.29) is 29.6 Å². The highest BCUT2D eigenvalue weighted by Gasteiger charge is 2.29. The molecule has 2 unspecified atom stereocenters. The normalized spacial score (nSPS) is 21.7. The Morgan fingerprint density at radius 1 is 1.14 bits per heavy atom. The fraction of sp³-hybridized carbons (Fsp3) is 0.529. The number of hydrogen-bond donors (Lipinski definition) is 0. The van der Waals surface area contributed by atoms with E-state index in [1.165, 1.54) is 24.3 Å². The Labute approximate surface area is 130 Å². The minimum absolute atomic E-state index is 0.0594. The van der Waals surface area contributed by atoms with Crippen LogP contribution in [0.5, 0.6) is 0 Å². The van der Waals surface area contributed by atoms with Crippen molar-refractivity contribution in [2.45, 2.75) is 45.2 Å². The number of carbonyl (C=O) groups excluding carboxylic acids is 2. The fourth-order valence-corrected chi connectivity index (χ4v) is 2.81. The van der Waals surface area contributed by atoms with Crippen LogP contribution in [0, 0.1) is 5.82 Å². The Morgan fingerprint density at radius 2 is 1.73 bits per heavy atom. The molecule has 5 heteroatoms. The molecule has 1 fully saturated rings. The van der Waals surface area contributed by atoms with Crippen molar-refractivity contribution in [3.8, 4) is 0 Å². The van der Waals surface area contributed by atoms with E-state index < -0.39 is 0 Å². The SMILES string of the molecule is CC1COCC(C)N1C(=O)CCCC(=O)c1ccc(F)cc1. The number of Topliss-reactive ketones (excluding diaryl/α,β-unsaturated/α-hetero) is 1. The van der Waals surface area contributed by atoms with E-state index in [0.717, 1.165) is 0 Å². The van der Waals surface area contributed by atoms with E-state index in [9.17, 15) is 14.0 Å². The lowest BCUT2D eigenvalue weighted by atomic mass is 10.0. The number of benzene rings is 1. The van der Waals surface area contributed by atoms with Gasteiger partial charge in [-0.25, -0.2) is 4.39 Å². The lowest BCUT2D eigenvalue weighted by molar-refractivity contribution is -0.144. The summed E-state index contributed by atoms with van der Waals surface area (Å²) in [5, 5.41) is 0. The third kappa shape index (κ3) is 4.13. The Balaban J connectivity index is 1.81. The van der Waals surface area contributed by atoms with Gasteiger partial charge in [0.05, 0.1) is 25.3 Å². The number of carbonyl (C=O) groups is 2. The smallest absolute Gasteiger partial charge is 0.223 e. The molecular formula is C17H22FNO3. The zero-order chi connectivity index (χ0) is 16.1. The number of halogens is 1. The lowest BCUT2D eigenvalue weighted by Gasteiger charge is -2.38. The van der Waals surface area contributed by atoms with Crippen LogP contribution in [0.25, 0.3) is 0 Å². The molecule has 22 heavy (non-hydrogen) atoms. The van der Waals surface area contributed by atoms with E-state index in [1.807, 2.05) is 18.7 Å².